The summed E-state index contributed by atoms with van der Waals surface area (Å²) in [4.78, 5) is 24.0. The second kappa shape index (κ2) is 3.98. The summed E-state index contributed by atoms with van der Waals surface area (Å²) in [5.74, 6) is 1.42. The third-order valence-electron chi connectivity index (χ3n) is 2.41. The number of ketones is 1. The highest BCUT2D eigenvalue weighted by molar-refractivity contribution is 6.52. The van der Waals surface area contributed by atoms with Gasteiger partial charge in [-0.1, -0.05) is 5.92 Å². The van der Waals surface area contributed by atoms with E-state index in [0.717, 1.165) is 11.0 Å². The van der Waals surface area contributed by atoms with Gasteiger partial charge in [-0.3, -0.25) is 14.5 Å². The first-order valence-electron chi connectivity index (χ1n) is 4.81. The normalized spacial score (nSPS) is 13.5. The Morgan fingerprint density at radius 3 is 2.65 bits per heavy atom. The van der Waals surface area contributed by atoms with E-state index >= 15 is 0 Å². The van der Waals surface area contributed by atoms with Gasteiger partial charge < -0.3 is 0 Å². The Bertz CT molecular complexity index is 584. The van der Waals surface area contributed by atoms with Crippen LogP contribution < -0.4 is 4.90 Å². The van der Waals surface area contributed by atoms with E-state index in [-0.39, 0.29) is 17.8 Å². The predicted octanol–water partition coefficient (Wildman–Crippen LogP) is 1.52. The van der Waals surface area contributed by atoms with Crippen molar-refractivity contribution in [3.63, 3.8) is 0 Å². The number of rotatable bonds is 1. The molecular formula is C12H7F2NO2. The molecule has 3 nitrogen and oxygen atoms in total. The summed E-state index contributed by atoms with van der Waals surface area (Å²) < 4.78 is 26.4. The largest absolute Gasteiger partial charge is 0.300 e. The van der Waals surface area contributed by atoms with Gasteiger partial charge in [0, 0.05) is 6.07 Å². The molecule has 0 aliphatic carbocycles. The van der Waals surface area contributed by atoms with Crippen LogP contribution in [0.15, 0.2) is 12.1 Å². The van der Waals surface area contributed by atoms with Gasteiger partial charge in [0.2, 0.25) is 0 Å². The second-order valence-electron chi connectivity index (χ2n) is 3.43. The van der Waals surface area contributed by atoms with Crippen molar-refractivity contribution >= 4 is 17.4 Å². The molecule has 0 spiro atoms. The first-order valence-corrected chi connectivity index (χ1v) is 4.81. The van der Waals surface area contributed by atoms with Crippen LogP contribution in [0.25, 0.3) is 0 Å². The van der Waals surface area contributed by atoms with Crippen molar-refractivity contribution in [1.82, 2.24) is 0 Å². The smallest absolute Gasteiger partial charge is 0.293 e. The van der Waals surface area contributed by atoms with Crippen molar-refractivity contribution in [3.05, 3.63) is 29.3 Å². The lowest BCUT2D eigenvalue weighted by molar-refractivity contribution is -0.114. The third kappa shape index (κ3) is 1.68. The minimum atomic E-state index is -1.02. The average Bonchev–Trinajstić information content (AvgIpc) is 2.49. The van der Waals surface area contributed by atoms with Crippen LogP contribution in [0.3, 0.4) is 0 Å². The Kier molecular flexibility index (Phi) is 2.64. The summed E-state index contributed by atoms with van der Waals surface area (Å²) in [6, 6.07) is 1.54. The molecule has 1 aromatic carbocycles. The highest BCUT2D eigenvalue weighted by atomic mass is 19.1. The summed E-state index contributed by atoms with van der Waals surface area (Å²) in [5, 5.41) is 0. The molecular weight excluding hydrogens is 228 g/mol. The fraction of sp³-hybridized carbons (Fsp3) is 0.167. The van der Waals surface area contributed by atoms with Crippen LogP contribution >= 0.6 is 0 Å². The van der Waals surface area contributed by atoms with Crippen molar-refractivity contribution in [2.75, 3.05) is 11.4 Å². The van der Waals surface area contributed by atoms with E-state index in [9.17, 15) is 18.4 Å². The maximum absolute atomic E-state index is 13.4. The molecule has 1 aromatic rings. The van der Waals surface area contributed by atoms with Crippen molar-refractivity contribution in [1.29, 1.82) is 0 Å². The lowest BCUT2D eigenvalue weighted by atomic mass is 10.1. The van der Waals surface area contributed by atoms with Crippen molar-refractivity contribution in [2.24, 2.45) is 0 Å². The number of halogens is 2. The highest BCUT2D eigenvalue weighted by Gasteiger charge is 2.38. The highest BCUT2D eigenvalue weighted by Crippen LogP contribution is 2.31. The molecule has 0 saturated carbocycles. The van der Waals surface area contributed by atoms with Gasteiger partial charge in [-0.25, -0.2) is 8.78 Å². The van der Waals surface area contributed by atoms with E-state index in [0.29, 0.717) is 6.07 Å². The van der Waals surface area contributed by atoms with Gasteiger partial charge in [0.25, 0.3) is 11.7 Å². The van der Waals surface area contributed by atoms with Crippen LogP contribution in [0.2, 0.25) is 0 Å². The summed E-state index contributed by atoms with van der Waals surface area (Å²) in [6.07, 6.45) is 0. The molecule has 1 aliphatic rings. The van der Waals surface area contributed by atoms with Gasteiger partial charge in [-0.15, -0.1) is 5.92 Å². The third-order valence-corrected chi connectivity index (χ3v) is 2.41. The number of fused-ring (bicyclic) bond motifs is 1. The van der Waals surface area contributed by atoms with Crippen LogP contribution in [-0.4, -0.2) is 18.2 Å². The molecule has 0 saturated heterocycles. The quantitative estimate of drug-likeness (QED) is 0.546. The molecule has 1 amide bonds. The topological polar surface area (TPSA) is 37.4 Å². The number of anilines is 1. The Morgan fingerprint density at radius 2 is 2.00 bits per heavy atom. The fourth-order valence-corrected chi connectivity index (χ4v) is 1.65. The molecule has 1 aliphatic heterocycles. The predicted molar refractivity (Wildman–Crippen MR) is 56.5 cm³/mol. The van der Waals surface area contributed by atoms with Crippen LogP contribution in [0.4, 0.5) is 14.5 Å². The molecule has 2 rings (SSSR count). The molecule has 0 unspecified atom stereocenters. The molecule has 0 aromatic heterocycles. The Labute approximate surface area is 96.0 Å². The zero-order chi connectivity index (χ0) is 12.6. The minimum Gasteiger partial charge on any atom is -0.293 e. The summed E-state index contributed by atoms with van der Waals surface area (Å²) in [7, 11) is 0. The van der Waals surface area contributed by atoms with E-state index in [1.54, 1.807) is 6.92 Å². The number of hydrogen-bond acceptors (Lipinski definition) is 2. The maximum atomic E-state index is 13.4. The summed E-state index contributed by atoms with van der Waals surface area (Å²) in [5.41, 5.74) is -0.436. The van der Waals surface area contributed by atoms with Gasteiger partial charge in [0.15, 0.2) is 0 Å². The van der Waals surface area contributed by atoms with E-state index in [2.05, 4.69) is 11.8 Å². The number of benzene rings is 1. The Morgan fingerprint density at radius 1 is 1.29 bits per heavy atom. The molecule has 1 heterocycles. The van der Waals surface area contributed by atoms with Crippen LogP contribution in [0, 0.1) is 23.5 Å². The van der Waals surface area contributed by atoms with E-state index in [1.165, 1.54) is 0 Å². The number of amides is 1. The molecule has 0 bridgehead atoms. The summed E-state index contributed by atoms with van der Waals surface area (Å²) >= 11 is 0. The van der Waals surface area contributed by atoms with Gasteiger partial charge in [0.05, 0.1) is 17.8 Å². The lowest BCUT2D eigenvalue weighted by Crippen LogP contribution is -2.30. The standard InChI is InChI=1S/C12H7F2NO2/c1-2-3-4-15-9-6-7(13)5-8(14)10(9)11(16)12(15)17/h5-6H,4H2,1H3. The van der Waals surface area contributed by atoms with Gasteiger partial charge in [0.1, 0.15) is 11.6 Å². The molecule has 0 fully saturated rings. The first kappa shape index (κ1) is 11.3. The Hall–Kier alpha value is -2.22. The van der Waals surface area contributed by atoms with E-state index < -0.39 is 23.3 Å². The van der Waals surface area contributed by atoms with Crippen molar-refractivity contribution in [2.45, 2.75) is 6.92 Å². The van der Waals surface area contributed by atoms with Crippen LogP contribution in [0.1, 0.15) is 17.3 Å². The molecule has 17 heavy (non-hydrogen) atoms. The zero-order valence-electron chi connectivity index (χ0n) is 8.88. The zero-order valence-corrected chi connectivity index (χ0v) is 8.88. The molecule has 5 heteroatoms. The summed E-state index contributed by atoms with van der Waals surface area (Å²) in [6.45, 7) is 1.51. The van der Waals surface area contributed by atoms with Crippen LogP contribution in [0.5, 0.6) is 0 Å². The van der Waals surface area contributed by atoms with Crippen LogP contribution in [-0.2, 0) is 4.79 Å². The molecule has 0 radical (unpaired) electrons. The van der Waals surface area contributed by atoms with Gasteiger partial charge in [-0.05, 0) is 13.0 Å². The molecule has 86 valence electrons. The van der Waals surface area contributed by atoms with Crippen molar-refractivity contribution in [3.8, 4) is 11.8 Å². The van der Waals surface area contributed by atoms with Gasteiger partial charge >= 0.3 is 0 Å². The Balaban J connectivity index is 2.58. The van der Waals surface area contributed by atoms with Crippen molar-refractivity contribution < 1.29 is 18.4 Å². The lowest BCUT2D eigenvalue weighted by Gasteiger charge is -2.12. The number of carbonyl (C=O) groups is 2. The number of hydrogen-bond donors (Lipinski definition) is 0. The number of carbonyl (C=O) groups excluding carboxylic acids is 2. The average molecular weight is 235 g/mol. The SMILES string of the molecule is CC#CCN1C(=O)C(=O)c2c(F)cc(F)cc21. The maximum Gasteiger partial charge on any atom is 0.300 e. The number of nitrogens with zero attached hydrogens (tertiary/aromatic N) is 1. The van der Waals surface area contributed by atoms with E-state index in [4.69, 9.17) is 0 Å². The fourth-order valence-electron chi connectivity index (χ4n) is 1.65. The molecule has 0 N–H and O–H groups in total. The molecule has 0 atom stereocenters. The van der Waals surface area contributed by atoms with E-state index in [1.807, 2.05) is 0 Å². The van der Waals surface area contributed by atoms with Gasteiger partial charge in [-0.2, -0.15) is 0 Å². The first-order chi connectivity index (χ1) is 8.06. The number of Topliss-reactive ketones (excluding diaryl/α,β-unsaturated/α-hetero) is 1. The minimum absolute atomic E-state index is 0.0553. The monoisotopic (exact) mass is 235 g/mol. The second-order valence-corrected chi connectivity index (χ2v) is 3.43.